The van der Waals surface area contributed by atoms with Gasteiger partial charge in [0.05, 0.1) is 6.04 Å². The van der Waals surface area contributed by atoms with Crippen molar-refractivity contribution in [1.29, 1.82) is 0 Å². The molecule has 98 valence electrons. The molecule has 1 aliphatic heterocycles. The van der Waals surface area contributed by atoms with Crippen LogP contribution in [0.2, 0.25) is 0 Å². The first-order valence-electron chi connectivity index (χ1n) is 6.58. The second-order valence-electron chi connectivity index (χ2n) is 4.74. The Bertz CT molecular complexity index is 549. The molecule has 1 saturated heterocycles. The van der Waals surface area contributed by atoms with Crippen LogP contribution in [0.15, 0.2) is 30.5 Å². The molecule has 19 heavy (non-hydrogen) atoms. The molecule has 0 spiro atoms. The van der Waals surface area contributed by atoms with Gasteiger partial charge in [0.2, 0.25) is 0 Å². The molecular formula is C14H17N5. The molecule has 0 bridgehead atoms. The lowest BCUT2D eigenvalue weighted by molar-refractivity contribution is 0.603. The maximum Gasteiger partial charge on any atom is 0.147 e. The van der Waals surface area contributed by atoms with E-state index >= 15 is 0 Å². The Hall–Kier alpha value is -2.01. The summed E-state index contributed by atoms with van der Waals surface area (Å²) in [5, 5.41) is 6.64. The van der Waals surface area contributed by atoms with Crippen molar-refractivity contribution in [2.45, 2.75) is 25.8 Å². The molecule has 3 heterocycles. The fourth-order valence-corrected chi connectivity index (χ4v) is 2.28. The van der Waals surface area contributed by atoms with E-state index in [1.165, 1.54) is 6.42 Å². The van der Waals surface area contributed by atoms with E-state index in [1.54, 1.807) is 6.20 Å². The van der Waals surface area contributed by atoms with E-state index < -0.39 is 0 Å². The zero-order valence-corrected chi connectivity index (χ0v) is 10.9. The minimum absolute atomic E-state index is 0.282. The summed E-state index contributed by atoms with van der Waals surface area (Å²) in [6.45, 7) is 3.04. The van der Waals surface area contributed by atoms with Crippen LogP contribution in [0.4, 0.5) is 11.6 Å². The fourth-order valence-electron chi connectivity index (χ4n) is 2.28. The molecule has 2 aromatic rings. The van der Waals surface area contributed by atoms with Crippen LogP contribution in [0.1, 0.15) is 30.4 Å². The Morgan fingerprint density at radius 1 is 1.26 bits per heavy atom. The van der Waals surface area contributed by atoms with Crippen molar-refractivity contribution in [2.75, 3.05) is 11.9 Å². The Labute approximate surface area is 112 Å². The highest BCUT2D eigenvalue weighted by Crippen LogP contribution is 2.22. The summed E-state index contributed by atoms with van der Waals surface area (Å²) in [4.78, 5) is 13.4. The largest absolute Gasteiger partial charge is 0.325 e. The van der Waals surface area contributed by atoms with Gasteiger partial charge in [0.25, 0.3) is 0 Å². The number of aromatic nitrogens is 3. The molecule has 0 amide bonds. The standard InChI is InChI=1S/C14H17N5/c1-10-9-13(18-12-6-2-3-7-16-12)19-14(17-10)11-5-4-8-15-11/h2-3,6-7,9,11,15H,4-5,8H2,1H3,(H,16,17,18,19). The molecule has 1 fully saturated rings. The highest BCUT2D eigenvalue weighted by atomic mass is 15.1. The predicted octanol–water partition coefficient (Wildman–Crippen LogP) is 2.35. The normalized spacial score (nSPS) is 18.5. The fraction of sp³-hybridized carbons (Fsp3) is 0.357. The van der Waals surface area contributed by atoms with Crippen molar-refractivity contribution in [3.63, 3.8) is 0 Å². The predicted molar refractivity (Wildman–Crippen MR) is 74.3 cm³/mol. The first-order chi connectivity index (χ1) is 9.31. The van der Waals surface area contributed by atoms with Crippen LogP contribution >= 0.6 is 0 Å². The zero-order chi connectivity index (χ0) is 13.1. The van der Waals surface area contributed by atoms with E-state index in [-0.39, 0.29) is 6.04 Å². The van der Waals surface area contributed by atoms with Gasteiger partial charge in [-0.3, -0.25) is 0 Å². The van der Waals surface area contributed by atoms with Crippen molar-refractivity contribution >= 4 is 11.6 Å². The first kappa shape index (κ1) is 12.0. The van der Waals surface area contributed by atoms with Crippen LogP contribution in [0.3, 0.4) is 0 Å². The van der Waals surface area contributed by atoms with E-state index in [4.69, 9.17) is 0 Å². The Morgan fingerprint density at radius 3 is 2.95 bits per heavy atom. The summed E-state index contributed by atoms with van der Waals surface area (Å²) in [6.07, 6.45) is 4.05. The molecular weight excluding hydrogens is 238 g/mol. The van der Waals surface area contributed by atoms with Gasteiger partial charge in [0.1, 0.15) is 17.5 Å². The molecule has 0 aliphatic carbocycles. The summed E-state index contributed by atoms with van der Waals surface area (Å²) in [5.74, 6) is 2.47. The number of anilines is 2. The van der Waals surface area contributed by atoms with Crippen molar-refractivity contribution in [3.8, 4) is 0 Å². The van der Waals surface area contributed by atoms with Crippen molar-refractivity contribution in [2.24, 2.45) is 0 Å². The topological polar surface area (TPSA) is 62.7 Å². The molecule has 0 aromatic carbocycles. The molecule has 2 aromatic heterocycles. The van der Waals surface area contributed by atoms with Gasteiger partial charge in [-0.05, 0) is 38.4 Å². The molecule has 3 rings (SSSR count). The van der Waals surface area contributed by atoms with E-state index in [0.717, 1.165) is 36.1 Å². The van der Waals surface area contributed by atoms with Crippen molar-refractivity contribution in [3.05, 3.63) is 42.0 Å². The molecule has 1 aliphatic rings. The molecule has 0 saturated carbocycles. The van der Waals surface area contributed by atoms with Crippen LogP contribution in [0.5, 0.6) is 0 Å². The average Bonchev–Trinajstić information content (AvgIpc) is 2.93. The number of nitrogens with zero attached hydrogens (tertiary/aromatic N) is 3. The van der Waals surface area contributed by atoms with E-state index in [0.29, 0.717) is 0 Å². The van der Waals surface area contributed by atoms with Gasteiger partial charge in [-0.1, -0.05) is 6.07 Å². The number of pyridine rings is 1. The number of nitrogens with one attached hydrogen (secondary N) is 2. The lowest BCUT2D eigenvalue weighted by atomic mass is 10.2. The number of rotatable bonds is 3. The van der Waals surface area contributed by atoms with E-state index in [1.807, 2.05) is 31.2 Å². The average molecular weight is 255 g/mol. The smallest absolute Gasteiger partial charge is 0.147 e. The SMILES string of the molecule is Cc1cc(Nc2ccccn2)nc(C2CCCN2)n1. The van der Waals surface area contributed by atoms with Gasteiger partial charge in [0.15, 0.2) is 0 Å². The maximum atomic E-state index is 4.59. The first-order valence-corrected chi connectivity index (χ1v) is 6.58. The van der Waals surface area contributed by atoms with Gasteiger partial charge in [-0.15, -0.1) is 0 Å². The van der Waals surface area contributed by atoms with Crippen LogP contribution in [-0.4, -0.2) is 21.5 Å². The van der Waals surface area contributed by atoms with Crippen LogP contribution in [-0.2, 0) is 0 Å². The molecule has 2 N–H and O–H groups in total. The summed E-state index contributed by atoms with van der Waals surface area (Å²) >= 11 is 0. The summed E-state index contributed by atoms with van der Waals surface area (Å²) in [6, 6.07) is 7.98. The minimum atomic E-state index is 0.282. The Balaban J connectivity index is 1.85. The summed E-state index contributed by atoms with van der Waals surface area (Å²) < 4.78 is 0. The maximum absolute atomic E-state index is 4.59. The monoisotopic (exact) mass is 255 g/mol. The third-order valence-electron chi connectivity index (χ3n) is 3.16. The Morgan fingerprint density at radius 2 is 2.21 bits per heavy atom. The van der Waals surface area contributed by atoms with Crippen LogP contribution in [0.25, 0.3) is 0 Å². The van der Waals surface area contributed by atoms with Crippen molar-refractivity contribution < 1.29 is 0 Å². The minimum Gasteiger partial charge on any atom is -0.325 e. The highest BCUT2D eigenvalue weighted by molar-refractivity contribution is 5.51. The molecule has 1 atom stereocenters. The quantitative estimate of drug-likeness (QED) is 0.881. The van der Waals surface area contributed by atoms with Gasteiger partial charge in [0, 0.05) is 18.0 Å². The molecule has 5 nitrogen and oxygen atoms in total. The highest BCUT2D eigenvalue weighted by Gasteiger charge is 2.19. The number of hydrogen-bond donors (Lipinski definition) is 2. The van der Waals surface area contributed by atoms with Gasteiger partial charge < -0.3 is 10.6 Å². The summed E-state index contributed by atoms with van der Waals surface area (Å²) in [5.41, 5.74) is 0.970. The molecule has 0 radical (unpaired) electrons. The summed E-state index contributed by atoms with van der Waals surface area (Å²) in [7, 11) is 0. The molecule has 5 heteroatoms. The van der Waals surface area contributed by atoms with E-state index in [2.05, 4.69) is 25.6 Å². The molecule has 1 unspecified atom stereocenters. The lowest BCUT2D eigenvalue weighted by Gasteiger charge is -2.12. The van der Waals surface area contributed by atoms with Gasteiger partial charge >= 0.3 is 0 Å². The zero-order valence-electron chi connectivity index (χ0n) is 10.9. The van der Waals surface area contributed by atoms with Crippen LogP contribution < -0.4 is 10.6 Å². The van der Waals surface area contributed by atoms with Crippen LogP contribution in [0, 0.1) is 6.92 Å². The third-order valence-corrected chi connectivity index (χ3v) is 3.16. The third kappa shape index (κ3) is 2.88. The Kier molecular flexibility index (Phi) is 3.37. The second kappa shape index (κ2) is 5.32. The van der Waals surface area contributed by atoms with Crippen molar-refractivity contribution in [1.82, 2.24) is 20.3 Å². The number of aryl methyl sites for hydroxylation is 1. The van der Waals surface area contributed by atoms with Gasteiger partial charge in [-0.25, -0.2) is 15.0 Å². The second-order valence-corrected chi connectivity index (χ2v) is 4.74. The van der Waals surface area contributed by atoms with Gasteiger partial charge in [-0.2, -0.15) is 0 Å². The van der Waals surface area contributed by atoms with E-state index in [9.17, 15) is 0 Å². The lowest BCUT2D eigenvalue weighted by Crippen LogP contribution is -2.17. The number of hydrogen-bond acceptors (Lipinski definition) is 5.